The van der Waals surface area contributed by atoms with Crippen molar-refractivity contribution in [2.45, 2.75) is 19.5 Å². The monoisotopic (exact) mass is 361 g/mol. The summed E-state index contributed by atoms with van der Waals surface area (Å²) in [6.45, 7) is 1.65. The van der Waals surface area contributed by atoms with Crippen LogP contribution < -0.4 is 4.74 Å². The van der Waals surface area contributed by atoms with Crippen molar-refractivity contribution in [1.82, 2.24) is 14.6 Å². The van der Waals surface area contributed by atoms with Gasteiger partial charge in [0.2, 0.25) is 5.82 Å². The van der Waals surface area contributed by atoms with Gasteiger partial charge in [-0.15, -0.1) is 23.4 Å². The molecule has 0 unspecified atom stereocenters. The first-order valence-electron chi connectivity index (χ1n) is 6.83. The van der Waals surface area contributed by atoms with Crippen molar-refractivity contribution < 1.29 is 31.1 Å². The molecule has 10 heteroatoms. The van der Waals surface area contributed by atoms with Crippen LogP contribution in [-0.4, -0.2) is 21.0 Å². The van der Waals surface area contributed by atoms with E-state index in [-0.39, 0.29) is 5.65 Å². The van der Waals surface area contributed by atoms with Crippen LogP contribution >= 0.6 is 0 Å². The van der Waals surface area contributed by atoms with E-state index < -0.39 is 24.1 Å². The summed E-state index contributed by atoms with van der Waals surface area (Å²) in [5.74, 6) is -1.60. The van der Waals surface area contributed by atoms with Crippen LogP contribution in [0.15, 0.2) is 36.5 Å². The van der Waals surface area contributed by atoms with E-state index in [0.29, 0.717) is 16.7 Å². The number of nitrogens with zero attached hydrogens (tertiary/aromatic N) is 3. The minimum absolute atomic E-state index is 0.0191. The van der Waals surface area contributed by atoms with Gasteiger partial charge in [0, 0.05) is 11.8 Å². The number of rotatable bonds is 2. The first kappa shape index (κ1) is 17.1. The number of ether oxygens (including phenoxy) is 1. The molecule has 0 fully saturated rings. The normalized spacial score (nSPS) is 12.6. The Morgan fingerprint density at radius 1 is 0.960 bits per heavy atom. The molecule has 0 spiro atoms. The van der Waals surface area contributed by atoms with E-state index in [9.17, 15) is 26.3 Å². The first-order chi connectivity index (χ1) is 11.5. The molecule has 0 aliphatic rings. The smallest absolute Gasteiger partial charge is 0.406 e. The van der Waals surface area contributed by atoms with E-state index in [0.717, 1.165) is 16.5 Å². The molecular weight excluding hydrogens is 352 g/mol. The Balaban J connectivity index is 2.04. The molecule has 0 aliphatic heterocycles. The number of hydrogen-bond acceptors (Lipinski definition) is 3. The molecule has 0 saturated heterocycles. The third kappa shape index (κ3) is 3.52. The summed E-state index contributed by atoms with van der Waals surface area (Å²) in [7, 11) is 0. The number of halogens is 6. The fourth-order valence-corrected chi connectivity index (χ4v) is 2.36. The van der Waals surface area contributed by atoms with Crippen LogP contribution in [0.25, 0.3) is 16.8 Å². The van der Waals surface area contributed by atoms with Crippen LogP contribution in [-0.2, 0) is 6.18 Å². The van der Waals surface area contributed by atoms with E-state index >= 15 is 0 Å². The number of alkyl halides is 6. The number of aryl methyl sites for hydroxylation is 1. The lowest BCUT2D eigenvalue weighted by Crippen LogP contribution is -2.16. The largest absolute Gasteiger partial charge is 0.573 e. The minimum Gasteiger partial charge on any atom is -0.406 e. The van der Waals surface area contributed by atoms with Crippen molar-refractivity contribution in [2.24, 2.45) is 0 Å². The van der Waals surface area contributed by atoms with Gasteiger partial charge in [0.1, 0.15) is 5.75 Å². The molecule has 4 nitrogen and oxygen atoms in total. The maximum Gasteiger partial charge on any atom is 0.573 e. The molecule has 25 heavy (non-hydrogen) atoms. The maximum absolute atomic E-state index is 12.9. The summed E-state index contributed by atoms with van der Waals surface area (Å²) in [5.41, 5.74) is 1.44. The summed E-state index contributed by atoms with van der Waals surface area (Å²) in [6.07, 6.45) is -8.30. The molecule has 0 radical (unpaired) electrons. The summed E-state index contributed by atoms with van der Waals surface area (Å²) in [6, 6.07) is 6.24. The summed E-state index contributed by atoms with van der Waals surface area (Å²) >= 11 is 0. The molecule has 0 amide bonds. The molecule has 2 heterocycles. The van der Waals surface area contributed by atoms with Crippen LogP contribution in [0.5, 0.6) is 5.75 Å². The standard InChI is InChI=1S/C15H9F6N3O/c1-8-6-12-22-23-13(14(16,17)18)24(12)7-11(8)9-2-4-10(5-3-9)25-15(19,20)21/h2-7H,1H3. The van der Waals surface area contributed by atoms with Gasteiger partial charge < -0.3 is 4.74 Å². The van der Waals surface area contributed by atoms with Gasteiger partial charge in [-0.05, 0) is 36.2 Å². The maximum atomic E-state index is 12.9. The summed E-state index contributed by atoms with van der Waals surface area (Å²) in [5, 5.41) is 6.62. The Kier molecular flexibility index (Phi) is 3.85. The van der Waals surface area contributed by atoms with Crippen molar-refractivity contribution in [1.29, 1.82) is 0 Å². The molecule has 0 N–H and O–H groups in total. The Labute approximate surface area is 136 Å². The van der Waals surface area contributed by atoms with Gasteiger partial charge in [0.25, 0.3) is 0 Å². The van der Waals surface area contributed by atoms with E-state index in [1.54, 1.807) is 6.92 Å². The molecule has 0 aliphatic carbocycles. The average molecular weight is 361 g/mol. The molecule has 0 atom stereocenters. The number of pyridine rings is 1. The van der Waals surface area contributed by atoms with Crippen LogP contribution in [0, 0.1) is 6.92 Å². The van der Waals surface area contributed by atoms with Crippen LogP contribution in [0.2, 0.25) is 0 Å². The predicted octanol–water partition coefficient (Wildman–Crippen LogP) is 4.62. The topological polar surface area (TPSA) is 39.4 Å². The van der Waals surface area contributed by atoms with Gasteiger partial charge in [-0.1, -0.05) is 12.1 Å². The number of hydrogen-bond donors (Lipinski definition) is 0. The fourth-order valence-electron chi connectivity index (χ4n) is 2.36. The molecule has 1 aromatic carbocycles. The minimum atomic E-state index is -4.82. The summed E-state index contributed by atoms with van der Waals surface area (Å²) < 4.78 is 79.9. The van der Waals surface area contributed by atoms with Gasteiger partial charge >= 0.3 is 12.5 Å². The molecule has 132 valence electrons. The predicted molar refractivity (Wildman–Crippen MR) is 74.8 cm³/mol. The zero-order chi connectivity index (χ0) is 18.4. The molecule has 0 bridgehead atoms. The van der Waals surface area contributed by atoms with Crippen molar-refractivity contribution in [3.63, 3.8) is 0 Å². The zero-order valence-corrected chi connectivity index (χ0v) is 12.5. The Hall–Kier alpha value is -2.78. The number of benzene rings is 1. The van der Waals surface area contributed by atoms with Crippen molar-refractivity contribution in [2.75, 3.05) is 0 Å². The highest BCUT2D eigenvalue weighted by molar-refractivity contribution is 5.69. The Bertz CT molecular complexity index is 912. The van der Waals surface area contributed by atoms with Crippen LogP contribution in [0.3, 0.4) is 0 Å². The van der Waals surface area contributed by atoms with Crippen molar-refractivity contribution >= 4 is 5.65 Å². The highest BCUT2D eigenvalue weighted by Crippen LogP contribution is 2.32. The number of fused-ring (bicyclic) bond motifs is 1. The van der Waals surface area contributed by atoms with E-state index in [1.807, 2.05) is 0 Å². The van der Waals surface area contributed by atoms with E-state index in [1.165, 1.54) is 24.4 Å². The van der Waals surface area contributed by atoms with Gasteiger partial charge in [0.15, 0.2) is 5.65 Å². The van der Waals surface area contributed by atoms with Crippen molar-refractivity contribution in [3.05, 3.63) is 47.9 Å². The van der Waals surface area contributed by atoms with E-state index in [2.05, 4.69) is 14.9 Å². The average Bonchev–Trinajstić information content (AvgIpc) is 2.88. The van der Waals surface area contributed by atoms with Gasteiger partial charge in [-0.2, -0.15) is 13.2 Å². The lowest BCUT2D eigenvalue weighted by molar-refractivity contribution is -0.274. The van der Waals surface area contributed by atoms with Crippen LogP contribution in [0.1, 0.15) is 11.4 Å². The quantitative estimate of drug-likeness (QED) is 0.625. The highest BCUT2D eigenvalue weighted by Gasteiger charge is 2.37. The number of aromatic nitrogens is 3. The summed E-state index contributed by atoms with van der Waals surface area (Å²) in [4.78, 5) is 0. The SMILES string of the molecule is Cc1cc2nnc(C(F)(F)F)n2cc1-c1ccc(OC(F)(F)F)cc1. The second-order valence-electron chi connectivity index (χ2n) is 5.19. The van der Waals surface area contributed by atoms with E-state index in [4.69, 9.17) is 0 Å². The third-order valence-corrected chi connectivity index (χ3v) is 3.40. The Morgan fingerprint density at radius 3 is 2.16 bits per heavy atom. The first-order valence-corrected chi connectivity index (χ1v) is 6.83. The second kappa shape index (κ2) is 5.64. The highest BCUT2D eigenvalue weighted by atomic mass is 19.4. The zero-order valence-electron chi connectivity index (χ0n) is 12.5. The van der Waals surface area contributed by atoms with Gasteiger partial charge in [0.05, 0.1) is 0 Å². The van der Waals surface area contributed by atoms with Crippen LogP contribution in [0.4, 0.5) is 26.3 Å². The molecule has 0 saturated carbocycles. The molecule has 2 aromatic heterocycles. The fraction of sp³-hybridized carbons (Fsp3) is 0.200. The van der Waals surface area contributed by atoms with Gasteiger partial charge in [-0.25, -0.2) is 0 Å². The second-order valence-corrected chi connectivity index (χ2v) is 5.19. The third-order valence-electron chi connectivity index (χ3n) is 3.40. The lowest BCUT2D eigenvalue weighted by Gasteiger charge is -2.11. The van der Waals surface area contributed by atoms with Gasteiger partial charge in [-0.3, -0.25) is 4.40 Å². The molecule has 3 rings (SSSR count). The molecular formula is C15H9F6N3O. The van der Waals surface area contributed by atoms with Crippen molar-refractivity contribution in [3.8, 4) is 16.9 Å². The molecule has 3 aromatic rings. The lowest BCUT2D eigenvalue weighted by atomic mass is 10.0. The Morgan fingerprint density at radius 2 is 1.60 bits per heavy atom.